The van der Waals surface area contributed by atoms with Crippen LogP contribution in [0.5, 0.6) is 0 Å². The van der Waals surface area contributed by atoms with Crippen molar-refractivity contribution in [2.45, 2.75) is 37.6 Å². The average Bonchev–Trinajstić information content (AvgIpc) is 2.60. The predicted molar refractivity (Wildman–Crippen MR) is 88.7 cm³/mol. The molecule has 158 valence electrons. The van der Waals surface area contributed by atoms with Crippen LogP contribution in [0.3, 0.4) is 0 Å². The molecular weight excluding hydrogens is 406 g/mol. The minimum Gasteiger partial charge on any atom is -0.479 e. The maximum absolute atomic E-state index is 13.0. The molecule has 0 aliphatic rings. The fourth-order valence-corrected chi connectivity index (χ4v) is 2.61. The Morgan fingerprint density at radius 3 is 1.86 bits per heavy atom. The van der Waals surface area contributed by atoms with Crippen LogP contribution in [-0.4, -0.2) is 21.8 Å². The van der Waals surface area contributed by atoms with Gasteiger partial charge in [0.25, 0.3) is 0 Å². The Bertz CT molecular complexity index is 827. The molecule has 0 amide bonds. The van der Waals surface area contributed by atoms with E-state index in [-0.39, 0.29) is 11.6 Å². The van der Waals surface area contributed by atoms with Crippen molar-refractivity contribution >= 4 is 5.97 Å². The molecule has 10 heteroatoms. The van der Waals surface area contributed by atoms with E-state index < -0.39 is 53.3 Å². The molecule has 0 radical (unpaired) electrons. The number of benzene rings is 2. The Morgan fingerprint density at radius 1 is 0.966 bits per heavy atom. The van der Waals surface area contributed by atoms with Crippen LogP contribution in [0, 0.1) is 0 Å². The first-order valence-electron chi connectivity index (χ1n) is 8.13. The molecule has 0 aliphatic carbocycles. The fraction of sp³-hybridized carbons (Fsp3) is 0.316. The van der Waals surface area contributed by atoms with Gasteiger partial charge in [0.2, 0.25) is 0 Å². The van der Waals surface area contributed by atoms with E-state index in [1.165, 1.54) is 24.3 Å². The summed E-state index contributed by atoms with van der Waals surface area (Å²) in [5.74, 6) is -1.67. The van der Waals surface area contributed by atoms with Gasteiger partial charge in [0.05, 0.1) is 17.7 Å². The highest BCUT2D eigenvalue weighted by Gasteiger charge is 2.42. The van der Waals surface area contributed by atoms with Gasteiger partial charge in [-0.3, -0.25) is 0 Å². The molecule has 2 rings (SSSR count). The van der Waals surface area contributed by atoms with Gasteiger partial charge >= 0.3 is 18.3 Å². The average molecular weight is 422 g/mol. The minimum atomic E-state index is -5.03. The largest absolute Gasteiger partial charge is 0.479 e. The Labute approximate surface area is 161 Å². The van der Waals surface area contributed by atoms with Crippen LogP contribution in [-0.2, 0) is 28.5 Å². The second kappa shape index (κ2) is 8.03. The molecule has 2 N–H and O–H groups in total. The molecule has 2 aromatic carbocycles. The first-order valence-corrected chi connectivity index (χ1v) is 8.13. The van der Waals surface area contributed by atoms with Gasteiger partial charge in [-0.1, -0.05) is 30.3 Å². The summed E-state index contributed by atoms with van der Waals surface area (Å²) in [4.78, 5) is 11.4. The summed E-state index contributed by atoms with van der Waals surface area (Å²) < 4.78 is 83.1. The van der Waals surface area contributed by atoms with E-state index in [1.54, 1.807) is 6.07 Å². The molecule has 0 spiro atoms. The van der Waals surface area contributed by atoms with Gasteiger partial charge in [-0.2, -0.15) is 26.3 Å². The normalized spacial score (nSPS) is 15.6. The van der Waals surface area contributed by atoms with Crippen LogP contribution in [0.2, 0.25) is 0 Å². The predicted octanol–water partition coefficient (Wildman–Crippen LogP) is 4.82. The second-order valence-corrected chi connectivity index (χ2v) is 6.47. The van der Waals surface area contributed by atoms with Crippen LogP contribution >= 0.6 is 0 Å². The summed E-state index contributed by atoms with van der Waals surface area (Å²) in [7, 11) is 0. The van der Waals surface area contributed by atoms with Crippen molar-refractivity contribution in [2.24, 2.45) is 0 Å². The van der Waals surface area contributed by atoms with Crippen LogP contribution in [0.15, 0.2) is 48.5 Å². The Balaban J connectivity index is 2.42. The van der Waals surface area contributed by atoms with Gasteiger partial charge in [-0.25, -0.2) is 4.79 Å². The van der Waals surface area contributed by atoms with Gasteiger partial charge in [-0.15, -0.1) is 0 Å². The number of hydrogen-bond acceptors (Lipinski definition) is 3. The molecule has 2 aromatic rings. The van der Waals surface area contributed by atoms with Gasteiger partial charge in [-0.05, 0) is 36.2 Å². The lowest BCUT2D eigenvalue weighted by Gasteiger charge is -2.29. The summed E-state index contributed by atoms with van der Waals surface area (Å²) in [5.41, 5.74) is -5.83. The molecule has 0 saturated carbocycles. The summed E-state index contributed by atoms with van der Waals surface area (Å²) >= 11 is 0. The van der Waals surface area contributed by atoms with E-state index in [2.05, 4.69) is 0 Å². The number of carboxylic acid groups (broad SMARTS) is 1. The van der Waals surface area contributed by atoms with Crippen molar-refractivity contribution in [2.75, 3.05) is 0 Å². The third kappa shape index (κ3) is 5.48. The van der Waals surface area contributed by atoms with Gasteiger partial charge in [0, 0.05) is 0 Å². The monoisotopic (exact) mass is 422 g/mol. The molecule has 2 atom stereocenters. The lowest BCUT2D eigenvalue weighted by atomic mass is 9.92. The number of alkyl halides is 6. The summed E-state index contributed by atoms with van der Waals surface area (Å²) in [6, 6.07) is 8.37. The number of rotatable bonds is 6. The van der Waals surface area contributed by atoms with E-state index in [4.69, 9.17) is 4.74 Å². The Kier molecular flexibility index (Phi) is 6.29. The quantitative estimate of drug-likeness (QED) is 0.656. The highest BCUT2D eigenvalue weighted by Crippen LogP contribution is 2.37. The Hall–Kier alpha value is -2.59. The van der Waals surface area contributed by atoms with E-state index in [0.717, 1.165) is 6.92 Å². The third-order valence-corrected chi connectivity index (χ3v) is 4.11. The molecular formula is C19H16F6O4. The Morgan fingerprint density at radius 2 is 1.45 bits per heavy atom. The number of aliphatic hydroxyl groups is 1. The molecule has 4 nitrogen and oxygen atoms in total. The van der Waals surface area contributed by atoms with E-state index in [0.29, 0.717) is 12.1 Å². The van der Waals surface area contributed by atoms with Crippen molar-refractivity contribution < 1.29 is 46.1 Å². The molecule has 29 heavy (non-hydrogen) atoms. The molecule has 0 bridgehead atoms. The van der Waals surface area contributed by atoms with Crippen molar-refractivity contribution in [3.63, 3.8) is 0 Å². The van der Waals surface area contributed by atoms with Gasteiger partial charge in [0.15, 0.2) is 5.60 Å². The van der Waals surface area contributed by atoms with Gasteiger partial charge < -0.3 is 14.9 Å². The molecule has 2 unspecified atom stereocenters. The lowest BCUT2D eigenvalue weighted by molar-refractivity contribution is -0.176. The van der Waals surface area contributed by atoms with Crippen molar-refractivity contribution in [1.82, 2.24) is 0 Å². The van der Waals surface area contributed by atoms with Crippen LogP contribution < -0.4 is 0 Å². The number of hydrogen-bond donors (Lipinski definition) is 2. The van der Waals surface area contributed by atoms with Crippen LogP contribution in [0.1, 0.15) is 35.3 Å². The molecule has 0 heterocycles. The number of halogens is 6. The maximum atomic E-state index is 13.0. The standard InChI is InChI=1S/C19H16F6O4/c1-17(28,16(26)27)15(12-5-3-2-4-6-12)29-10-11-7-13(18(20,21)22)9-14(8-11)19(23,24)25/h2-9,15,28H,10H2,1H3,(H,26,27). The molecule has 0 aromatic heterocycles. The van der Waals surface area contributed by atoms with Crippen LogP contribution in [0.25, 0.3) is 0 Å². The SMILES string of the molecule is CC(O)(C(=O)O)C(OCc1cc(C(F)(F)F)cc(C(F)(F)F)c1)c1ccccc1. The van der Waals surface area contributed by atoms with Crippen molar-refractivity contribution in [3.8, 4) is 0 Å². The minimum absolute atomic E-state index is 0.0222. The third-order valence-electron chi connectivity index (χ3n) is 4.11. The van der Waals surface area contributed by atoms with Gasteiger partial charge in [0.1, 0.15) is 6.10 Å². The second-order valence-electron chi connectivity index (χ2n) is 6.47. The first-order chi connectivity index (χ1) is 13.2. The highest BCUT2D eigenvalue weighted by atomic mass is 19.4. The zero-order valence-electron chi connectivity index (χ0n) is 14.9. The number of ether oxygens (including phenoxy) is 1. The summed E-state index contributed by atoms with van der Waals surface area (Å²) in [5, 5.41) is 19.5. The molecule has 0 saturated heterocycles. The lowest BCUT2D eigenvalue weighted by Crippen LogP contribution is -2.42. The van der Waals surface area contributed by atoms with Crippen molar-refractivity contribution in [1.29, 1.82) is 0 Å². The zero-order valence-corrected chi connectivity index (χ0v) is 14.9. The van der Waals surface area contributed by atoms with E-state index in [9.17, 15) is 41.4 Å². The highest BCUT2D eigenvalue weighted by molar-refractivity contribution is 5.77. The van der Waals surface area contributed by atoms with E-state index in [1.807, 2.05) is 0 Å². The van der Waals surface area contributed by atoms with Crippen LogP contribution in [0.4, 0.5) is 26.3 Å². The molecule has 0 aliphatic heterocycles. The number of aliphatic carboxylic acids is 1. The maximum Gasteiger partial charge on any atom is 0.416 e. The van der Waals surface area contributed by atoms with Crippen molar-refractivity contribution in [3.05, 3.63) is 70.8 Å². The summed E-state index contributed by atoms with van der Waals surface area (Å²) in [6.07, 6.45) is -11.6. The zero-order chi connectivity index (χ0) is 22.0. The fourth-order valence-electron chi connectivity index (χ4n) is 2.61. The van der Waals surface area contributed by atoms with E-state index >= 15 is 0 Å². The topological polar surface area (TPSA) is 66.8 Å². The summed E-state index contributed by atoms with van der Waals surface area (Å²) in [6.45, 7) is 0.121. The first kappa shape index (κ1) is 22.7. The molecule has 0 fully saturated rings. The number of carboxylic acids is 1. The number of carbonyl (C=O) groups is 1. The smallest absolute Gasteiger partial charge is 0.416 e.